The molecule has 0 aromatic heterocycles. The van der Waals surface area contributed by atoms with Crippen LogP contribution < -0.4 is 5.32 Å². The Labute approximate surface area is 114 Å². The Kier molecular flexibility index (Phi) is 4.24. The molecule has 1 aliphatic carbocycles. The first-order chi connectivity index (χ1) is 8.58. The van der Waals surface area contributed by atoms with Crippen molar-refractivity contribution in [2.45, 2.75) is 31.4 Å². The van der Waals surface area contributed by atoms with Gasteiger partial charge in [0.1, 0.15) is 0 Å². The van der Waals surface area contributed by atoms with Gasteiger partial charge in [-0.3, -0.25) is 0 Å². The summed E-state index contributed by atoms with van der Waals surface area (Å²) in [4.78, 5) is 11.0. The zero-order chi connectivity index (χ0) is 13.1. The molecular formula is C13H16BrNO3. The summed E-state index contributed by atoms with van der Waals surface area (Å²) in [6, 6.07) is 5.51. The molecule has 2 unspecified atom stereocenters. The summed E-state index contributed by atoms with van der Waals surface area (Å²) >= 11 is 3.33. The Morgan fingerprint density at radius 3 is 2.83 bits per heavy atom. The van der Waals surface area contributed by atoms with Crippen molar-refractivity contribution in [1.82, 2.24) is 0 Å². The molecule has 0 radical (unpaired) electrons. The van der Waals surface area contributed by atoms with E-state index in [1.807, 2.05) is 6.07 Å². The maximum absolute atomic E-state index is 11.0. The molecule has 0 spiro atoms. The van der Waals surface area contributed by atoms with Crippen molar-refractivity contribution in [1.29, 1.82) is 0 Å². The number of methoxy groups -OCH3 is 1. The number of carboxylic acid groups (broad SMARTS) is 1. The molecule has 0 bridgehead atoms. The zero-order valence-corrected chi connectivity index (χ0v) is 11.7. The Morgan fingerprint density at radius 1 is 1.44 bits per heavy atom. The maximum atomic E-state index is 11.0. The summed E-state index contributed by atoms with van der Waals surface area (Å²) in [6.45, 7) is 0. The SMILES string of the molecule is COC1CCC(Nc2cc(Br)cc(C(=O)O)c2)C1. The Hall–Kier alpha value is -1.07. The average molecular weight is 314 g/mol. The van der Waals surface area contributed by atoms with E-state index in [0.717, 1.165) is 29.4 Å². The number of anilines is 1. The average Bonchev–Trinajstić information content (AvgIpc) is 2.76. The summed E-state index contributed by atoms with van der Waals surface area (Å²) in [5.74, 6) is -0.916. The number of halogens is 1. The van der Waals surface area contributed by atoms with E-state index >= 15 is 0 Å². The van der Waals surface area contributed by atoms with Crippen LogP contribution in [-0.2, 0) is 4.74 Å². The predicted molar refractivity (Wildman–Crippen MR) is 73.2 cm³/mol. The van der Waals surface area contributed by atoms with Crippen LogP contribution in [0, 0.1) is 0 Å². The number of hydrogen-bond donors (Lipinski definition) is 2. The minimum absolute atomic E-state index is 0.285. The second kappa shape index (κ2) is 5.71. The molecule has 1 aliphatic rings. The van der Waals surface area contributed by atoms with Crippen molar-refractivity contribution < 1.29 is 14.6 Å². The highest BCUT2D eigenvalue weighted by molar-refractivity contribution is 9.10. The molecule has 4 nitrogen and oxygen atoms in total. The Bertz CT molecular complexity index is 450. The van der Waals surface area contributed by atoms with Gasteiger partial charge in [0.2, 0.25) is 0 Å². The number of carbonyl (C=O) groups is 1. The fraction of sp³-hybridized carbons (Fsp3) is 0.462. The Balaban J connectivity index is 2.07. The lowest BCUT2D eigenvalue weighted by atomic mass is 10.1. The van der Waals surface area contributed by atoms with Crippen molar-refractivity contribution >= 4 is 27.6 Å². The van der Waals surface area contributed by atoms with Crippen LogP contribution in [0.1, 0.15) is 29.6 Å². The van der Waals surface area contributed by atoms with Crippen LogP contribution in [0.15, 0.2) is 22.7 Å². The summed E-state index contributed by atoms with van der Waals surface area (Å²) in [5, 5.41) is 12.4. The van der Waals surface area contributed by atoms with Gasteiger partial charge >= 0.3 is 5.97 Å². The standard InChI is InChI=1S/C13H16BrNO3/c1-18-12-3-2-10(7-12)15-11-5-8(13(16)17)4-9(14)6-11/h4-6,10,12,15H,2-3,7H2,1H3,(H,16,17). The first kappa shape index (κ1) is 13.4. The van der Waals surface area contributed by atoms with Crippen LogP contribution in [0.5, 0.6) is 0 Å². The van der Waals surface area contributed by atoms with E-state index in [4.69, 9.17) is 9.84 Å². The molecule has 5 heteroatoms. The molecule has 1 fully saturated rings. The fourth-order valence-electron chi connectivity index (χ4n) is 2.32. The van der Waals surface area contributed by atoms with E-state index in [1.54, 1.807) is 19.2 Å². The van der Waals surface area contributed by atoms with E-state index in [1.165, 1.54) is 0 Å². The summed E-state index contributed by atoms with van der Waals surface area (Å²) in [6.07, 6.45) is 3.38. The molecule has 18 heavy (non-hydrogen) atoms. The number of nitrogens with one attached hydrogen (secondary N) is 1. The third-order valence-electron chi connectivity index (χ3n) is 3.23. The fourth-order valence-corrected chi connectivity index (χ4v) is 2.81. The summed E-state index contributed by atoms with van der Waals surface area (Å²) < 4.78 is 6.09. The zero-order valence-electron chi connectivity index (χ0n) is 10.1. The van der Waals surface area contributed by atoms with Crippen molar-refractivity contribution in [3.63, 3.8) is 0 Å². The molecule has 1 aromatic rings. The number of carboxylic acids is 1. The van der Waals surface area contributed by atoms with E-state index < -0.39 is 5.97 Å². The maximum Gasteiger partial charge on any atom is 0.335 e. The van der Waals surface area contributed by atoms with Crippen molar-refractivity contribution in [3.05, 3.63) is 28.2 Å². The third kappa shape index (κ3) is 3.23. The first-order valence-corrected chi connectivity index (χ1v) is 6.71. The van der Waals surface area contributed by atoms with E-state index in [2.05, 4.69) is 21.2 Å². The van der Waals surface area contributed by atoms with Crippen molar-refractivity contribution in [2.24, 2.45) is 0 Å². The first-order valence-electron chi connectivity index (χ1n) is 5.91. The molecule has 0 heterocycles. The van der Waals surface area contributed by atoms with Gasteiger partial charge in [0.15, 0.2) is 0 Å². The molecular weight excluding hydrogens is 298 g/mol. The van der Waals surface area contributed by atoms with Gasteiger partial charge in [0, 0.05) is 23.3 Å². The Morgan fingerprint density at radius 2 is 2.22 bits per heavy atom. The number of ether oxygens (including phenoxy) is 1. The lowest BCUT2D eigenvalue weighted by Gasteiger charge is -2.15. The van der Waals surface area contributed by atoms with Gasteiger partial charge in [-0.2, -0.15) is 0 Å². The lowest BCUT2D eigenvalue weighted by molar-refractivity contribution is 0.0697. The third-order valence-corrected chi connectivity index (χ3v) is 3.69. The number of benzene rings is 1. The van der Waals surface area contributed by atoms with Gasteiger partial charge in [-0.05, 0) is 37.5 Å². The molecule has 2 rings (SSSR count). The number of hydrogen-bond acceptors (Lipinski definition) is 3. The van der Waals surface area contributed by atoms with Crippen LogP contribution in [0.2, 0.25) is 0 Å². The van der Waals surface area contributed by atoms with Crippen LogP contribution in [-0.4, -0.2) is 30.3 Å². The smallest absolute Gasteiger partial charge is 0.335 e. The molecule has 0 amide bonds. The highest BCUT2D eigenvalue weighted by atomic mass is 79.9. The van der Waals surface area contributed by atoms with Gasteiger partial charge in [-0.15, -0.1) is 0 Å². The minimum atomic E-state index is -0.916. The van der Waals surface area contributed by atoms with E-state index in [-0.39, 0.29) is 5.56 Å². The van der Waals surface area contributed by atoms with Crippen LogP contribution in [0.4, 0.5) is 5.69 Å². The molecule has 2 N–H and O–H groups in total. The van der Waals surface area contributed by atoms with E-state index in [0.29, 0.717) is 12.1 Å². The van der Waals surface area contributed by atoms with Gasteiger partial charge < -0.3 is 15.2 Å². The molecule has 0 saturated heterocycles. The van der Waals surface area contributed by atoms with Gasteiger partial charge in [-0.1, -0.05) is 15.9 Å². The molecule has 2 atom stereocenters. The topological polar surface area (TPSA) is 58.6 Å². The van der Waals surface area contributed by atoms with Crippen LogP contribution in [0.3, 0.4) is 0 Å². The van der Waals surface area contributed by atoms with Crippen LogP contribution >= 0.6 is 15.9 Å². The lowest BCUT2D eigenvalue weighted by Crippen LogP contribution is -2.17. The molecule has 1 aromatic carbocycles. The van der Waals surface area contributed by atoms with E-state index in [9.17, 15) is 4.79 Å². The monoisotopic (exact) mass is 313 g/mol. The molecule has 1 saturated carbocycles. The summed E-state index contributed by atoms with van der Waals surface area (Å²) in [5.41, 5.74) is 1.12. The largest absolute Gasteiger partial charge is 0.478 e. The number of rotatable bonds is 4. The predicted octanol–water partition coefficient (Wildman–Crippen LogP) is 3.13. The number of aromatic carboxylic acids is 1. The van der Waals surface area contributed by atoms with Crippen molar-refractivity contribution in [2.75, 3.05) is 12.4 Å². The van der Waals surface area contributed by atoms with Crippen LogP contribution in [0.25, 0.3) is 0 Å². The van der Waals surface area contributed by atoms with Crippen molar-refractivity contribution in [3.8, 4) is 0 Å². The highest BCUT2D eigenvalue weighted by Gasteiger charge is 2.24. The van der Waals surface area contributed by atoms with Gasteiger partial charge in [0.25, 0.3) is 0 Å². The summed E-state index contributed by atoms with van der Waals surface area (Å²) in [7, 11) is 1.73. The highest BCUT2D eigenvalue weighted by Crippen LogP contribution is 2.27. The normalized spacial score (nSPS) is 23.0. The second-order valence-electron chi connectivity index (χ2n) is 4.55. The second-order valence-corrected chi connectivity index (χ2v) is 5.46. The molecule has 0 aliphatic heterocycles. The van der Waals surface area contributed by atoms with Gasteiger partial charge in [0.05, 0.1) is 11.7 Å². The minimum Gasteiger partial charge on any atom is -0.478 e. The quantitative estimate of drug-likeness (QED) is 0.896. The molecule has 98 valence electrons. The van der Waals surface area contributed by atoms with Gasteiger partial charge in [-0.25, -0.2) is 4.79 Å².